The van der Waals surface area contributed by atoms with E-state index in [1.165, 1.54) is 0 Å². The van der Waals surface area contributed by atoms with E-state index in [9.17, 15) is 0 Å². The first kappa shape index (κ1) is 16.0. The minimum absolute atomic E-state index is 0. The molecule has 1 rings (SSSR count). The van der Waals surface area contributed by atoms with Crippen molar-refractivity contribution in [3.05, 3.63) is 18.7 Å². The summed E-state index contributed by atoms with van der Waals surface area (Å²) in [6.45, 7) is 0. The standard InChI is InChI=1S/C3H4N2.Mo.H3P.V/c1-2-5-3-4-1;;;/h1-3H,(H,4,5);;1H3;. The molecule has 0 aromatic carbocycles. The van der Waals surface area contributed by atoms with Crippen LogP contribution in [0.25, 0.3) is 0 Å². The van der Waals surface area contributed by atoms with Crippen LogP contribution in [0.15, 0.2) is 18.7 Å². The molecular weight excluding hydrogens is 242 g/mol. The van der Waals surface area contributed by atoms with Crippen molar-refractivity contribution in [3.8, 4) is 0 Å². The minimum atomic E-state index is 0. The first-order valence-corrected chi connectivity index (χ1v) is 1.43. The quantitative estimate of drug-likeness (QED) is 0.525. The number of H-pyrrole nitrogens is 1. The van der Waals surface area contributed by atoms with E-state index in [-0.39, 0.29) is 49.5 Å². The van der Waals surface area contributed by atoms with E-state index >= 15 is 0 Å². The second-order valence-corrected chi connectivity index (χ2v) is 0.761. The molecule has 0 fully saturated rings. The van der Waals surface area contributed by atoms with Gasteiger partial charge in [0.2, 0.25) is 0 Å². The molecule has 0 amide bonds. The molecule has 5 heteroatoms. The van der Waals surface area contributed by atoms with Gasteiger partial charge < -0.3 is 4.98 Å². The number of aromatic nitrogens is 2. The van der Waals surface area contributed by atoms with Gasteiger partial charge in [0.1, 0.15) is 0 Å². The topological polar surface area (TPSA) is 28.7 Å². The summed E-state index contributed by atoms with van der Waals surface area (Å²) in [4.78, 5) is 6.42. The summed E-state index contributed by atoms with van der Waals surface area (Å²) in [5, 5.41) is 0. The molecule has 0 aliphatic heterocycles. The Kier molecular flexibility index (Phi) is 21.6. The molecule has 1 heterocycles. The van der Waals surface area contributed by atoms with Gasteiger partial charge in [0.25, 0.3) is 0 Å². The van der Waals surface area contributed by atoms with E-state index in [1.54, 1.807) is 18.7 Å². The van der Waals surface area contributed by atoms with Crippen molar-refractivity contribution in [1.82, 2.24) is 9.97 Å². The van der Waals surface area contributed by atoms with Gasteiger partial charge in [-0.2, -0.15) is 9.90 Å². The Hall–Kier alpha value is 0.913. The number of aromatic amines is 1. The van der Waals surface area contributed by atoms with Crippen LogP contribution >= 0.6 is 9.90 Å². The number of nitrogens with zero attached hydrogens (tertiary/aromatic N) is 1. The third-order valence-electron chi connectivity index (χ3n) is 0.406. The Morgan fingerprint density at radius 1 is 1.38 bits per heavy atom. The fraction of sp³-hybridized carbons (Fsp3) is 0. The van der Waals surface area contributed by atoms with Gasteiger partial charge in [0.15, 0.2) is 0 Å². The normalized spacial score (nSPS) is 5.00. The fourth-order valence-electron chi connectivity index (χ4n) is 0.215. The van der Waals surface area contributed by atoms with Gasteiger partial charge in [-0.1, -0.05) is 0 Å². The van der Waals surface area contributed by atoms with Crippen LogP contribution in [-0.2, 0) is 39.6 Å². The number of nitrogens with one attached hydrogen (secondary N) is 1. The molecule has 0 aliphatic rings. The maximum atomic E-state index is 3.67. The molecule has 0 spiro atoms. The minimum Gasteiger partial charge on any atom is -0.351 e. The molecule has 0 bridgehead atoms. The van der Waals surface area contributed by atoms with Gasteiger partial charge in [-0.15, -0.1) is 0 Å². The first-order valence-electron chi connectivity index (χ1n) is 1.43. The van der Waals surface area contributed by atoms with Crippen molar-refractivity contribution in [3.63, 3.8) is 0 Å². The zero-order chi connectivity index (χ0) is 3.54. The predicted octanol–water partition coefficient (Wildman–Crippen LogP) is 0.463. The first-order chi connectivity index (χ1) is 2.50. The molecule has 1 radical (unpaired) electrons. The van der Waals surface area contributed by atoms with Gasteiger partial charge in [0, 0.05) is 52.0 Å². The van der Waals surface area contributed by atoms with Crippen molar-refractivity contribution in [2.24, 2.45) is 0 Å². The number of rotatable bonds is 0. The van der Waals surface area contributed by atoms with E-state index < -0.39 is 0 Å². The SMILES string of the molecule is P.[Mo].[V].c1c[nH]cn1. The molecule has 1 unspecified atom stereocenters. The monoisotopic (exact) mass is 251 g/mol. The van der Waals surface area contributed by atoms with E-state index in [0.717, 1.165) is 0 Å². The second-order valence-electron chi connectivity index (χ2n) is 0.761. The van der Waals surface area contributed by atoms with Crippen molar-refractivity contribution < 1.29 is 39.6 Å². The summed E-state index contributed by atoms with van der Waals surface area (Å²) in [7, 11) is 0. The fourth-order valence-corrected chi connectivity index (χ4v) is 0.215. The Balaban J connectivity index is -0.0000000833. The van der Waals surface area contributed by atoms with Crippen LogP contribution in [0, 0.1) is 0 Å². The van der Waals surface area contributed by atoms with E-state index in [4.69, 9.17) is 0 Å². The van der Waals surface area contributed by atoms with Crippen LogP contribution < -0.4 is 0 Å². The van der Waals surface area contributed by atoms with E-state index in [0.29, 0.717) is 0 Å². The molecule has 1 aromatic heterocycles. The Labute approximate surface area is 78.0 Å². The molecule has 2 nitrogen and oxygen atoms in total. The van der Waals surface area contributed by atoms with Crippen molar-refractivity contribution >= 4 is 9.90 Å². The van der Waals surface area contributed by atoms with Crippen LogP contribution in [0.4, 0.5) is 0 Å². The molecule has 1 aromatic rings. The zero-order valence-corrected chi connectivity index (χ0v) is 9.06. The van der Waals surface area contributed by atoms with Gasteiger partial charge >= 0.3 is 0 Å². The molecule has 1 N–H and O–H groups in total. The Bertz CT molecular complexity index is 73.8. The number of imidazole rings is 1. The molecule has 0 saturated carbocycles. The van der Waals surface area contributed by atoms with Gasteiger partial charge in [-0.25, -0.2) is 4.98 Å². The molecular formula is C3H7MoN2PV. The van der Waals surface area contributed by atoms with E-state index in [1.807, 2.05) is 0 Å². The van der Waals surface area contributed by atoms with Crippen molar-refractivity contribution in [2.75, 3.05) is 0 Å². The van der Waals surface area contributed by atoms with Crippen LogP contribution in [0.3, 0.4) is 0 Å². The Morgan fingerprint density at radius 3 is 2.12 bits per heavy atom. The van der Waals surface area contributed by atoms with Crippen LogP contribution in [0.5, 0.6) is 0 Å². The van der Waals surface area contributed by atoms with Gasteiger partial charge in [-0.3, -0.25) is 0 Å². The summed E-state index contributed by atoms with van der Waals surface area (Å²) in [5.74, 6) is 0. The molecule has 45 valence electrons. The molecule has 1 atom stereocenters. The summed E-state index contributed by atoms with van der Waals surface area (Å²) in [6.07, 6.45) is 5.08. The molecule has 0 saturated heterocycles. The maximum absolute atomic E-state index is 3.67. The average Bonchev–Trinajstić information content (AvgIpc) is 1.76. The summed E-state index contributed by atoms with van der Waals surface area (Å²) in [5.41, 5.74) is 0. The van der Waals surface area contributed by atoms with Crippen LogP contribution in [-0.4, -0.2) is 9.97 Å². The average molecular weight is 249 g/mol. The van der Waals surface area contributed by atoms with Crippen molar-refractivity contribution in [1.29, 1.82) is 0 Å². The largest absolute Gasteiger partial charge is 0.351 e. The van der Waals surface area contributed by atoms with Gasteiger partial charge in [0.05, 0.1) is 6.33 Å². The zero-order valence-electron chi connectivity index (χ0n) is 4.24. The third kappa shape index (κ3) is 6.91. The third-order valence-corrected chi connectivity index (χ3v) is 0.406. The van der Waals surface area contributed by atoms with Gasteiger partial charge in [-0.05, 0) is 0 Å². The molecule has 0 aliphatic carbocycles. The summed E-state index contributed by atoms with van der Waals surface area (Å²) >= 11 is 0. The number of hydrogen-bond acceptors (Lipinski definition) is 1. The Morgan fingerprint density at radius 2 is 2.00 bits per heavy atom. The smallest absolute Gasteiger partial charge is 0.0919 e. The van der Waals surface area contributed by atoms with Crippen LogP contribution in [0.1, 0.15) is 0 Å². The van der Waals surface area contributed by atoms with Crippen molar-refractivity contribution in [2.45, 2.75) is 0 Å². The van der Waals surface area contributed by atoms with E-state index in [2.05, 4.69) is 9.97 Å². The predicted molar refractivity (Wildman–Crippen MR) is 29.7 cm³/mol. The summed E-state index contributed by atoms with van der Waals surface area (Å²) in [6, 6.07) is 0. The summed E-state index contributed by atoms with van der Waals surface area (Å²) < 4.78 is 0. The maximum Gasteiger partial charge on any atom is 0.0919 e. The number of hydrogen-bond donors (Lipinski definition) is 1. The van der Waals surface area contributed by atoms with Crippen LogP contribution in [0.2, 0.25) is 0 Å². The molecule has 8 heavy (non-hydrogen) atoms. The second kappa shape index (κ2) is 10.8.